The Balaban J connectivity index is 1.21. The SMILES string of the molecule is Nc1ncc(-c2ccc(N(CCO)CCNC(=O)OCc3ccccc3)cc2)nc1C(=O)Nc1cnccc1N1CCOCC1. The highest BCUT2D eigenvalue weighted by Gasteiger charge is 2.20. The van der Waals surface area contributed by atoms with E-state index in [-0.39, 0.29) is 24.7 Å². The number of pyridine rings is 1. The van der Waals surface area contributed by atoms with E-state index in [4.69, 9.17) is 15.2 Å². The van der Waals surface area contributed by atoms with E-state index in [1.807, 2.05) is 65.6 Å². The van der Waals surface area contributed by atoms with Gasteiger partial charge in [-0.3, -0.25) is 9.78 Å². The molecular formula is C32H36N8O5. The second-order valence-corrected chi connectivity index (χ2v) is 10.2. The fraction of sp³-hybridized carbons (Fsp3) is 0.281. The first-order chi connectivity index (χ1) is 22.0. The van der Waals surface area contributed by atoms with Gasteiger partial charge in [-0.15, -0.1) is 0 Å². The molecule has 0 unspecified atom stereocenters. The summed E-state index contributed by atoms with van der Waals surface area (Å²) in [6.07, 6.45) is 4.27. The van der Waals surface area contributed by atoms with Gasteiger partial charge in [0, 0.05) is 50.2 Å². The molecule has 0 radical (unpaired) electrons. The van der Waals surface area contributed by atoms with Crippen molar-refractivity contribution in [3.8, 4) is 11.3 Å². The first kappa shape index (κ1) is 31.2. The number of carbonyl (C=O) groups excluding carboxylic acids is 2. The van der Waals surface area contributed by atoms with Gasteiger partial charge in [0.2, 0.25) is 0 Å². The number of morpholine rings is 1. The molecule has 1 aliphatic rings. The summed E-state index contributed by atoms with van der Waals surface area (Å²) in [5.74, 6) is -0.488. The fourth-order valence-corrected chi connectivity index (χ4v) is 4.85. The average molecular weight is 613 g/mol. The minimum Gasteiger partial charge on any atom is -0.445 e. The molecule has 0 atom stereocenters. The zero-order valence-corrected chi connectivity index (χ0v) is 24.8. The van der Waals surface area contributed by atoms with Crippen molar-refractivity contribution in [3.63, 3.8) is 0 Å². The molecule has 2 aromatic heterocycles. The van der Waals surface area contributed by atoms with Gasteiger partial charge in [0.25, 0.3) is 5.91 Å². The molecule has 1 saturated heterocycles. The Hall–Kier alpha value is -5.27. The van der Waals surface area contributed by atoms with Crippen molar-refractivity contribution in [1.82, 2.24) is 20.3 Å². The summed E-state index contributed by atoms with van der Waals surface area (Å²) in [4.78, 5) is 42.4. The Morgan fingerprint density at radius 1 is 1.02 bits per heavy atom. The van der Waals surface area contributed by atoms with Crippen LogP contribution in [0, 0.1) is 0 Å². The molecule has 5 rings (SSSR count). The van der Waals surface area contributed by atoms with Gasteiger partial charge in [0.05, 0.1) is 49.3 Å². The second kappa shape index (κ2) is 15.5. The second-order valence-electron chi connectivity index (χ2n) is 10.2. The minimum atomic E-state index is -0.513. The number of nitrogen functional groups attached to an aromatic ring is 1. The van der Waals surface area contributed by atoms with Crippen molar-refractivity contribution in [2.75, 3.05) is 73.4 Å². The zero-order chi connectivity index (χ0) is 31.4. The predicted molar refractivity (Wildman–Crippen MR) is 171 cm³/mol. The van der Waals surface area contributed by atoms with Crippen LogP contribution in [0.2, 0.25) is 0 Å². The van der Waals surface area contributed by atoms with Gasteiger partial charge in [-0.05, 0) is 23.8 Å². The standard InChI is InChI=1S/C32H36N8O5/c33-30-29(31(42)38-27-20-34-11-10-28(27)40-15-18-44-19-16-40)37-26(21-36-30)24-6-8-25(9-7-24)39(14-17-41)13-12-35-32(43)45-22-23-4-2-1-3-5-23/h1-11,20-21,41H,12-19,22H2,(H2,33,36)(H,35,43)(H,38,42). The molecule has 0 saturated carbocycles. The lowest BCUT2D eigenvalue weighted by Crippen LogP contribution is -2.36. The van der Waals surface area contributed by atoms with Crippen LogP contribution in [-0.4, -0.2) is 84.6 Å². The molecule has 0 aliphatic carbocycles. The van der Waals surface area contributed by atoms with Crippen LogP contribution in [0.25, 0.3) is 11.3 Å². The molecule has 13 nitrogen and oxygen atoms in total. The number of hydrogen-bond donors (Lipinski definition) is 4. The van der Waals surface area contributed by atoms with Crippen molar-refractivity contribution in [2.45, 2.75) is 6.61 Å². The van der Waals surface area contributed by atoms with E-state index in [2.05, 4.69) is 30.5 Å². The number of hydrogen-bond acceptors (Lipinski definition) is 11. The van der Waals surface area contributed by atoms with E-state index in [9.17, 15) is 14.7 Å². The van der Waals surface area contributed by atoms with Gasteiger partial charge in [0.15, 0.2) is 11.5 Å². The maximum Gasteiger partial charge on any atom is 0.407 e. The number of amides is 2. The lowest BCUT2D eigenvalue weighted by atomic mass is 10.1. The van der Waals surface area contributed by atoms with Crippen molar-refractivity contribution >= 4 is 34.9 Å². The number of aromatic nitrogens is 3. The van der Waals surface area contributed by atoms with Crippen molar-refractivity contribution < 1.29 is 24.2 Å². The summed E-state index contributed by atoms with van der Waals surface area (Å²) >= 11 is 0. The number of benzene rings is 2. The van der Waals surface area contributed by atoms with E-state index in [0.717, 1.165) is 22.5 Å². The molecule has 45 heavy (non-hydrogen) atoms. The lowest BCUT2D eigenvalue weighted by molar-refractivity contribution is 0.102. The maximum atomic E-state index is 13.3. The maximum absolute atomic E-state index is 13.3. The molecule has 2 amide bonds. The Morgan fingerprint density at radius 2 is 1.80 bits per heavy atom. The third kappa shape index (κ3) is 8.43. The Kier molecular flexibility index (Phi) is 10.7. The molecule has 234 valence electrons. The number of nitrogens with two attached hydrogens (primary N) is 1. The number of nitrogens with one attached hydrogen (secondary N) is 2. The summed E-state index contributed by atoms with van der Waals surface area (Å²) in [5.41, 5.74) is 10.4. The number of anilines is 4. The third-order valence-electron chi connectivity index (χ3n) is 7.18. The van der Waals surface area contributed by atoms with Gasteiger partial charge in [-0.1, -0.05) is 42.5 Å². The number of aliphatic hydroxyl groups excluding tert-OH is 1. The summed E-state index contributed by atoms with van der Waals surface area (Å²) in [6, 6.07) is 18.7. The van der Waals surface area contributed by atoms with Crippen LogP contribution in [0.4, 0.5) is 27.7 Å². The van der Waals surface area contributed by atoms with Crippen molar-refractivity contribution in [3.05, 3.63) is 90.5 Å². The highest BCUT2D eigenvalue weighted by Crippen LogP contribution is 2.27. The van der Waals surface area contributed by atoms with Crippen LogP contribution in [0.5, 0.6) is 0 Å². The summed E-state index contributed by atoms with van der Waals surface area (Å²) < 4.78 is 10.7. The van der Waals surface area contributed by atoms with Gasteiger partial charge >= 0.3 is 6.09 Å². The molecule has 1 fully saturated rings. The monoisotopic (exact) mass is 612 g/mol. The topological polar surface area (TPSA) is 168 Å². The average Bonchev–Trinajstić information content (AvgIpc) is 3.08. The number of nitrogens with zero attached hydrogens (tertiary/aromatic N) is 5. The largest absolute Gasteiger partial charge is 0.445 e. The quantitative estimate of drug-likeness (QED) is 0.186. The highest BCUT2D eigenvalue weighted by molar-refractivity contribution is 6.07. The molecule has 5 N–H and O–H groups in total. The third-order valence-corrected chi connectivity index (χ3v) is 7.18. The summed E-state index contributed by atoms with van der Waals surface area (Å²) in [7, 11) is 0. The van der Waals surface area contributed by atoms with E-state index in [0.29, 0.717) is 57.3 Å². The molecule has 3 heterocycles. The molecule has 13 heteroatoms. The summed E-state index contributed by atoms with van der Waals surface area (Å²) in [6.45, 7) is 3.88. The lowest BCUT2D eigenvalue weighted by Gasteiger charge is -2.30. The first-order valence-electron chi connectivity index (χ1n) is 14.6. The van der Waals surface area contributed by atoms with E-state index >= 15 is 0 Å². The van der Waals surface area contributed by atoms with Gasteiger partial charge in [-0.2, -0.15) is 0 Å². The minimum absolute atomic E-state index is 0.000453. The van der Waals surface area contributed by atoms with Crippen molar-refractivity contribution in [2.24, 2.45) is 0 Å². The normalized spacial score (nSPS) is 12.8. The van der Waals surface area contributed by atoms with E-state index in [1.165, 1.54) is 6.20 Å². The Morgan fingerprint density at radius 3 is 2.56 bits per heavy atom. The van der Waals surface area contributed by atoms with E-state index in [1.54, 1.807) is 12.4 Å². The van der Waals surface area contributed by atoms with Gasteiger partial charge < -0.3 is 40.7 Å². The number of alkyl carbamates (subject to hydrolysis) is 1. The molecule has 4 aromatic rings. The zero-order valence-electron chi connectivity index (χ0n) is 24.8. The Labute approximate surface area is 261 Å². The summed E-state index contributed by atoms with van der Waals surface area (Å²) in [5, 5.41) is 15.3. The van der Waals surface area contributed by atoms with Crippen LogP contribution in [-0.2, 0) is 16.1 Å². The molecular weight excluding hydrogens is 576 g/mol. The van der Waals surface area contributed by atoms with Gasteiger partial charge in [0.1, 0.15) is 6.61 Å². The van der Waals surface area contributed by atoms with Crippen molar-refractivity contribution in [1.29, 1.82) is 0 Å². The first-order valence-corrected chi connectivity index (χ1v) is 14.6. The molecule has 0 spiro atoms. The van der Waals surface area contributed by atoms with Gasteiger partial charge in [-0.25, -0.2) is 14.8 Å². The van der Waals surface area contributed by atoms with Crippen LogP contribution < -0.4 is 26.2 Å². The van der Waals surface area contributed by atoms with Crippen LogP contribution >= 0.6 is 0 Å². The number of carbonyl (C=O) groups is 2. The van der Waals surface area contributed by atoms with Crippen LogP contribution in [0.15, 0.2) is 79.3 Å². The predicted octanol–water partition coefficient (Wildman–Crippen LogP) is 2.93. The van der Waals surface area contributed by atoms with Crippen LogP contribution in [0.1, 0.15) is 16.1 Å². The van der Waals surface area contributed by atoms with E-state index < -0.39 is 12.0 Å². The smallest absolute Gasteiger partial charge is 0.407 e. The molecule has 0 bridgehead atoms. The number of rotatable bonds is 12. The molecule has 2 aromatic carbocycles. The Bertz CT molecular complexity index is 1570. The fourth-order valence-electron chi connectivity index (χ4n) is 4.85. The number of ether oxygens (including phenoxy) is 2. The number of aliphatic hydroxyl groups is 1. The molecule has 1 aliphatic heterocycles. The highest BCUT2D eigenvalue weighted by atomic mass is 16.5. The van der Waals surface area contributed by atoms with Crippen LogP contribution in [0.3, 0.4) is 0 Å².